The predicted molar refractivity (Wildman–Crippen MR) is 574 cm³/mol. The summed E-state index contributed by atoms with van der Waals surface area (Å²) in [5.41, 5.74) is 35.1. The molecule has 0 aliphatic carbocycles. The highest BCUT2D eigenvalue weighted by Crippen LogP contribution is 2.38. The number of rotatable bonds is 18. The molecule has 20 nitrogen and oxygen atoms in total. The van der Waals surface area contributed by atoms with Crippen molar-refractivity contribution in [3.8, 4) is 135 Å². The van der Waals surface area contributed by atoms with Gasteiger partial charge in [0.05, 0.1) is 94.9 Å². The van der Waals surface area contributed by atoms with Gasteiger partial charge in [-0.1, -0.05) is 146 Å². The van der Waals surface area contributed by atoms with E-state index in [4.69, 9.17) is 24.7 Å². The van der Waals surface area contributed by atoms with Crippen molar-refractivity contribution in [2.45, 2.75) is 79.8 Å². The number of benzene rings is 10. The summed E-state index contributed by atoms with van der Waals surface area (Å²) in [6.45, 7) is 16.2. The van der Waals surface area contributed by atoms with E-state index in [1.807, 2.05) is 263 Å². The maximum Gasteiger partial charge on any atom is 0.137 e. The average molecular weight is 1850 g/mol. The summed E-state index contributed by atoms with van der Waals surface area (Å²) in [6, 6.07) is 108. The molecule has 25 rings (SSSR count). The Morgan fingerprint density at radius 2 is 0.514 bits per heavy atom. The number of nitrogens with two attached hydrogens (primary N) is 1. The van der Waals surface area contributed by atoms with Gasteiger partial charge in [0, 0.05) is 141 Å². The largest absolute Gasteiger partial charge is 0.491 e. The maximum absolute atomic E-state index is 5.78. The molecule has 15 heterocycles. The third-order valence-electron chi connectivity index (χ3n) is 24.6. The Hall–Kier alpha value is -18.3. The van der Waals surface area contributed by atoms with Gasteiger partial charge in [-0.05, 0) is 297 Å². The van der Waals surface area contributed by atoms with Crippen LogP contribution >= 0.6 is 0 Å². The standard InChI is InChI=1S/4C25H21N3O.C22H16N4/c1-17(2)29-23-7-5-18(6-8-23)20-10-12-28-24(16-27-25(28)14-20)21-3-4-22-15-26-11-9-19(22)13-21;1-17(2)29-23-7-5-18(6-8-23)20-10-12-28-24(16-27-25(28)14-20)21-4-3-19-9-11-26-15-22(19)13-21;1-17(2)29-22-9-7-18(8-10-22)19-11-12-28-24(16-27-25(28)14-19)21-13-20-5-3-4-6-23(20)26-15-21;1-17(2)29-21-9-7-18(8-10-21)19-11-12-28-24(16-27-25(28)13-19)23-15-26-14-20-5-3-4-6-22(20)23;23-19-7-5-15(6-8-19)16-9-10-26-21(14-25-22(26)12-16)18-11-17-3-1-2-4-20(17)24-13-18/h4*3-17H,1-2H3;1-14H,23H2. The zero-order valence-electron chi connectivity index (χ0n) is 79.6. The fraction of sp³-hybridized carbons (Fsp3) is 0.0984. The highest BCUT2D eigenvalue weighted by atomic mass is 16.5. The van der Waals surface area contributed by atoms with Crippen LogP contribution in [0.3, 0.4) is 0 Å². The lowest BCUT2D eigenvalue weighted by Crippen LogP contribution is -2.05. The first-order valence-corrected chi connectivity index (χ1v) is 47.5. The number of para-hydroxylation sites is 2. The summed E-state index contributed by atoms with van der Waals surface area (Å²) in [5.74, 6) is 3.55. The molecule has 10 aromatic carbocycles. The number of nitrogen functional groups attached to an aromatic ring is 1. The van der Waals surface area contributed by atoms with Crippen molar-refractivity contribution in [2.24, 2.45) is 0 Å². The van der Waals surface area contributed by atoms with Crippen molar-refractivity contribution in [3.05, 3.63) is 427 Å². The summed E-state index contributed by atoms with van der Waals surface area (Å²) in [6.07, 6.45) is 35.7. The van der Waals surface area contributed by atoms with Crippen molar-refractivity contribution in [1.29, 1.82) is 0 Å². The highest BCUT2D eigenvalue weighted by molar-refractivity contribution is 5.96. The number of imidazole rings is 5. The van der Waals surface area contributed by atoms with Crippen LogP contribution < -0.4 is 24.7 Å². The average Bonchev–Trinajstić information content (AvgIpc) is 1.58. The third-order valence-corrected chi connectivity index (χ3v) is 24.6. The molecule has 2 N–H and O–H groups in total. The second-order valence-electron chi connectivity index (χ2n) is 35.9. The van der Waals surface area contributed by atoms with E-state index in [2.05, 4.69) is 291 Å². The molecule has 0 unspecified atom stereocenters. The van der Waals surface area contributed by atoms with E-state index in [1.165, 1.54) is 16.2 Å². The van der Waals surface area contributed by atoms with Crippen LogP contribution in [0.1, 0.15) is 55.4 Å². The summed E-state index contributed by atoms with van der Waals surface area (Å²) in [4.78, 5) is 45.1. The quantitative estimate of drug-likeness (QED) is 0.0791. The number of anilines is 1. The highest BCUT2D eigenvalue weighted by Gasteiger charge is 2.18. The molecule has 0 saturated carbocycles. The van der Waals surface area contributed by atoms with Crippen molar-refractivity contribution >= 4 is 88.0 Å². The zero-order valence-corrected chi connectivity index (χ0v) is 79.6. The molecule has 0 amide bonds. The SMILES string of the molecule is CC(C)Oc1ccc(-c2ccn3c(-c4ccc5ccncc5c4)cnc3c2)cc1.CC(C)Oc1ccc(-c2ccn3c(-c4ccc5cnccc5c4)cnc3c2)cc1.CC(C)Oc1ccc(-c2ccn3c(-c4cnc5ccccc5c4)cnc3c2)cc1.CC(C)Oc1ccc(-c2ccn3c(-c4cncc5ccccc45)cnc3c2)cc1.Nc1ccc(-c2ccn3c(-c4cnc5ccccc5c4)cnc3c2)cc1. The molecule has 0 fully saturated rings. The van der Waals surface area contributed by atoms with Gasteiger partial charge < -0.3 is 24.7 Å². The normalized spacial score (nSPS) is 11.4. The molecular formula is C122H100N16O4. The zero-order chi connectivity index (χ0) is 96.7. The van der Waals surface area contributed by atoms with E-state index in [-0.39, 0.29) is 24.4 Å². The van der Waals surface area contributed by atoms with E-state index < -0.39 is 0 Å². The first kappa shape index (κ1) is 90.2. The van der Waals surface area contributed by atoms with Crippen LogP contribution in [0.5, 0.6) is 23.0 Å². The van der Waals surface area contributed by atoms with Crippen LogP contribution in [0, 0.1) is 0 Å². The van der Waals surface area contributed by atoms with Gasteiger partial charge in [-0.2, -0.15) is 0 Å². The number of aromatic nitrogens is 15. The van der Waals surface area contributed by atoms with Crippen LogP contribution in [-0.4, -0.2) is 96.3 Å². The van der Waals surface area contributed by atoms with E-state index >= 15 is 0 Å². The van der Waals surface area contributed by atoms with Crippen LogP contribution in [0.2, 0.25) is 0 Å². The fourth-order valence-electron chi connectivity index (χ4n) is 17.8. The topological polar surface area (TPSA) is 214 Å². The van der Waals surface area contributed by atoms with Crippen LogP contribution in [0.4, 0.5) is 5.69 Å². The summed E-state index contributed by atoms with van der Waals surface area (Å²) < 4.78 is 33.5. The molecule has 0 atom stereocenters. The minimum Gasteiger partial charge on any atom is -0.491 e. The molecule has 0 saturated heterocycles. The van der Waals surface area contributed by atoms with Gasteiger partial charge in [-0.3, -0.25) is 46.9 Å². The number of hydrogen-bond acceptors (Lipinski definition) is 15. The molecule has 0 bridgehead atoms. The second-order valence-corrected chi connectivity index (χ2v) is 35.9. The Balaban J connectivity index is 0.000000105. The molecule has 0 spiro atoms. The number of ether oxygens (including phenoxy) is 4. The van der Waals surface area contributed by atoms with Gasteiger partial charge in [-0.25, -0.2) is 24.9 Å². The molecule has 20 heteroatoms. The van der Waals surface area contributed by atoms with Crippen molar-refractivity contribution in [1.82, 2.24) is 71.8 Å². The Bertz CT molecular complexity index is 8320. The van der Waals surface area contributed by atoms with E-state index in [0.717, 1.165) is 207 Å². The summed E-state index contributed by atoms with van der Waals surface area (Å²) in [5, 5.41) is 9.17. The van der Waals surface area contributed by atoms with E-state index in [9.17, 15) is 0 Å². The monoisotopic (exact) mass is 1850 g/mol. The molecule has 0 aliphatic heterocycles. The minimum absolute atomic E-state index is 0.170. The van der Waals surface area contributed by atoms with Crippen molar-refractivity contribution < 1.29 is 18.9 Å². The van der Waals surface area contributed by atoms with Gasteiger partial charge >= 0.3 is 0 Å². The fourth-order valence-corrected chi connectivity index (χ4v) is 17.8. The van der Waals surface area contributed by atoms with Gasteiger partial charge in [-0.15, -0.1) is 0 Å². The molecule has 25 aromatic rings. The summed E-state index contributed by atoms with van der Waals surface area (Å²) in [7, 11) is 0. The molecular weight excluding hydrogens is 1750 g/mol. The Kier molecular flexibility index (Phi) is 25.5. The predicted octanol–water partition coefficient (Wildman–Crippen LogP) is 28.8. The van der Waals surface area contributed by atoms with E-state index in [1.54, 1.807) is 0 Å². The van der Waals surface area contributed by atoms with Crippen LogP contribution in [0.15, 0.2) is 427 Å². The first-order valence-electron chi connectivity index (χ1n) is 47.5. The second kappa shape index (κ2) is 40.2. The Morgan fingerprint density at radius 1 is 0.211 bits per heavy atom. The lowest BCUT2D eigenvalue weighted by Gasteiger charge is -2.10. The number of nitrogens with zero attached hydrogens (tertiary/aromatic N) is 15. The number of fused-ring (bicyclic) bond motifs is 10. The molecule has 142 heavy (non-hydrogen) atoms. The first-order chi connectivity index (χ1) is 69.5. The molecule has 0 radical (unpaired) electrons. The lowest BCUT2D eigenvalue weighted by atomic mass is 10.1. The van der Waals surface area contributed by atoms with Crippen LogP contribution in [-0.2, 0) is 0 Å². The minimum atomic E-state index is 0.170. The lowest BCUT2D eigenvalue weighted by molar-refractivity contribution is 0.242. The number of pyridine rings is 10. The van der Waals surface area contributed by atoms with Crippen LogP contribution in [0.25, 0.3) is 194 Å². The maximum atomic E-state index is 5.78. The Labute approximate surface area is 821 Å². The van der Waals surface area contributed by atoms with Crippen molar-refractivity contribution in [2.75, 3.05) is 5.73 Å². The third kappa shape index (κ3) is 19.9. The molecule has 15 aromatic heterocycles. The number of hydrogen-bond donors (Lipinski definition) is 1. The van der Waals surface area contributed by atoms with E-state index in [0.29, 0.717) is 0 Å². The molecule has 0 aliphatic rings. The summed E-state index contributed by atoms with van der Waals surface area (Å²) >= 11 is 0. The smallest absolute Gasteiger partial charge is 0.137 e. The molecule has 692 valence electrons. The van der Waals surface area contributed by atoms with Gasteiger partial charge in [0.2, 0.25) is 0 Å². The van der Waals surface area contributed by atoms with Gasteiger partial charge in [0.15, 0.2) is 0 Å². The Morgan fingerprint density at radius 3 is 0.908 bits per heavy atom. The van der Waals surface area contributed by atoms with Crippen molar-refractivity contribution in [3.63, 3.8) is 0 Å². The van der Waals surface area contributed by atoms with Gasteiger partial charge in [0.1, 0.15) is 51.2 Å². The van der Waals surface area contributed by atoms with Gasteiger partial charge in [0.25, 0.3) is 0 Å².